The fourth-order valence-electron chi connectivity index (χ4n) is 1.92. The molecule has 1 heterocycles. The predicted molar refractivity (Wildman–Crippen MR) is 64.3 cm³/mol. The maximum Gasteiger partial charge on any atom is 0.206 e. The summed E-state index contributed by atoms with van der Waals surface area (Å²) in [5.41, 5.74) is 0.328. The van der Waals surface area contributed by atoms with Crippen molar-refractivity contribution in [3.8, 4) is 28.9 Å². The Kier molecular flexibility index (Phi) is 2.84. The first-order chi connectivity index (χ1) is 8.49. The van der Waals surface area contributed by atoms with Crippen LogP contribution in [0.1, 0.15) is 5.56 Å². The van der Waals surface area contributed by atoms with E-state index in [-0.39, 0.29) is 16.8 Å². The predicted octanol–water partition coefficient (Wildman–Crippen LogP) is 0.458. The lowest BCUT2D eigenvalue weighted by Crippen LogP contribution is -2.10. The van der Waals surface area contributed by atoms with E-state index in [9.17, 15) is 25.5 Å². The van der Waals surface area contributed by atoms with Crippen LogP contribution in [-0.2, 0) is 6.42 Å². The Bertz CT molecular complexity index is 605. The molecule has 7 N–H and O–H groups in total. The molecule has 0 fully saturated rings. The number of benzene rings is 1. The molecule has 0 aliphatic rings. The van der Waals surface area contributed by atoms with E-state index < -0.39 is 23.0 Å². The summed E-state index contributed by atoms with van der Waals surface area (Å²) in [7, 11) is 1.73. The molecule has 98 valence electrons. The molecular formula is C11H14N2O5. The van der Waals surface area contributed by atoms with Crippen molar-refractivity contribution < 1.29 is 25.5 Å². The van der Waals surface area contributed by atoms with Crippen LogP contribution in [0.2, 0.25) is 0 Å². The quantitative estimate of drug-likeness (QED) is 0.315. The van der Waals surface area contributed by atoms with Crippen molar-refractivity contribution in [2.75, 3.05) is 13.6 Å². The van der Waals surface area contributed by atoms with Crippen LogP contribution in [0.15, 0.2) is 0 Å². The molecule has 0 unspecified atom stereocenters. The van der Waals surface area contributed by atoms with Gasteiger partial charge in [-0.3, -0.25) is 0 Å². The van der Waals surface area contributed by atoms with E-state index in [1.807, 2.05) is 0 Å². The summed E-state index contributed by atoms with van der Waals surface area (Å²) in [6.45, 7) is 0.530. The van der Waals surface area contributed by atoms with Crippen LogP contribution < -0.4 is 5.32 Å². The maximum atomic E-state index is 9.78. The second-order valence-corrected chi connectivity index (χ2v) is 3.95. The molecule has 0 atom stereocenters. The fraction of sp³-hybridized carbons (Fsp3) is 0.273. The molecule has 18 heavy (non-hydrogen) atoms. The van der Waals surface area contributed by atoms with Gasteiger partial charge in [0.15, 0.2) is 17.4 Å². The van der Waals surface area contributed by atoms with Gasteiger partial charge in [0.1, 0.15) is 0 Å². The fourth-order valence-corrected chi connectivity index (χ4v) is 1.92. The molecule has 7 heteroatoms. The largest absolute Gasteiger partial charge is 0.504 e. The summed E-state index contributed by atoms with van der Waals surface area (Å²) < 4.78 is 0. The number of aromatic hydroxyl groups is 5. The number of fused-ring (bicyclic) bond motifs is 1. The molecule has 0 spiro atoms. The van der Waals surface area contributed by atoms with Crippen LogP contribution in [0.5, 0.6) is 28.9 Å². The number of aromatic amines is 1. The Balaban J connectivity index is 2.77. The number of likely N-dealkylation sites (N-methyl/N-ethyl adjacent to an activating group) is 1. The van der Waals surface area contributed by atoms with Gasteiger partial charge in [0.2, 0.25) is 11.5 Å². The van der Waals surface area contributed by atoms with E-state index in [0.29, 0.717) is 18.5 Å². The van der Waals surface area contributed by atoms with Crippen molar-refractivity contribution in [1.29, 1.82) is 0 Å². The number of aromatic nitrogens is 1. The zero-order valence-corrected chi connectivity index (χ0v) is 9.65. The third-order valence-corrected chi connectivity index (χ3v) is 2.85. The number of hydrogen-bond acceptors (Lipinski definition) is 6. The van der Waals surface area contributed by atoms with Crippen LogP contribution in [0.25, 0.3) is 10.9 Å². The normalized spacial score (nSPS) is 11.2. The van der Waals surface area contributed by atoms with Crippen molar-refractivity contribution in [3.63, 3.8) is 0 Å². The molecule has 0 aliphatic carbocycles. The number of hydrogen-bond donors (Lipinski definition) is 7. The van der Waals surface area contributed by atoms with E-state index in [0.717, 1.165) is 0 Å². The van der Waals surface area contributed by atoms with Gasteiger partial charge in [-0.2, -0.15) is 0 Å². The Morgan fingerprint density at radius 2 is 1.56 bits per heavy atom. The zero-order valence-electron chi connectivity index (χ0n) is 9.65. The molecule has 0 radical (unpaired) electrons. The molecule has 0 amide bonds. The van der Waals surface area contributed by atoms with E-state index >= 15 is 0 Å². The molecule has 7 nitrogen and oxygen atoms in total. The van der Waals surface area contributed by atoms with Gasteiger partial charge in [-0.15, -0.1) is 0 Å². The third kappa shape index (κ3) is 1.56. The maximum absolute atomic E-state index is 9.78. The van der Waals surface area contributed by atoms with Gasteiger partial charge >= 0.3 is 0 Å². The standard InChI is InChI=1S/C11H14N2O5/c1-12-3-2-4-5-6(13-11(4)18)8(15)10(17)9(16)7(5)14/h12-18H,2-3H2,1H3. The lowest BCUT2D eigenvalue weighted by molar-refractivity contribution is 0.350. The Morgan fingerprint density at radius 3 is 2.17 bits per heavy atom. The SMILES string of the molecule is CNCCc1c(O)[nH]c2c(O)c(O)c(O)c(O)c12. The Hall–Kier alpha value is -2.28. The number of rotatable bonds is 3. The topological polar surface area (TPSA) is 129 Å². The number of phenolic OH excluding ortho intramolecular Hbond substituents is 4. The minimum Gasteiger partial charge on any atom is -0.504 e. The Labute approximate surface area is 102 Å². The highest BCUT2D eigenvalue weighted by Gasteiger charge is 2.24. The molecule has 1 aromatic heterocycles. The summed E-state index contributed by atoms with van der Waals surface area (Å²) in [6, 6.07) is 0. The van der Waals surface area contributed by atoms with Gasteiger partial charge in [0.25, 0.3) is 0 Å². The second-order valence-electron chi connectivity index (χ2n) is 3.95. The highest BCUT2D eigenvalue weighted by atomic mass is 16.3. The first-order valence-corrected chi connectivity index (χ1v) is 5.33. The summed E-state index contributed by atoms with van der Waals surface area (Å²) >= 11 is 0. The lowest BCUT2D eigenvalue weighted by Gasteiger charge is -2.06. The lowest BCUT2D eigenvalue weighted by atomic mass is 10.1. The molecular weight excluding hydrogens is 240 g/mol. The first-order valence-electron chi connectivity index (χ1n) is 5.33. The van der Waals surface area contributed by atoms with Gasteiger partial charge in [-0.25, -0.2) is 0 Å². The van der Waals surface area contributed by atoms with Gasteiger partial charge in [0, 0.05) is 5.56 Å². The summed E-state index contributed by atoms with van der Waals surface area (Å²) in [5.74, 6) is -3.07. The van der Waals surface area contributed by atoms with Crippen LogP contribution in [0, 0.1) is 0 Å². The van der Waals surface area contributed by atoms with Gasteiger partial charge in [-0.05, 0) is 20.0 Å². The second kappa shape index (κ2) is 4.19. The molecule has 0 saturated carbocycles. The van der Waals surface area contributed by atoms with E-state index in [4.69, 9.17) is 0 Å². The van der Waals surface area contributed by atoms with Gasteiger partial charge < -0.3 is 35.8 Å². The van der Waals surface area contributed by atoms with Gasteiger partial charge in [-0.1, -0.05) is 0 Å². The van der Waals surface area contributed by atoms with Gasteiger partial charge in [0.05, 0.1) is 10.9 Å². The molecule has 2 aromatic rings. The van der Waals surface area contributed by atoms with Crippen LogP contribution in [-0.4, -0.2) is 44.1 Å². The molecule has 0 aliphatic heterocycles. The van der Waals surface area contributed by atoms with Crippen molar-refractivity contribution in [2.24, 2.45) is 0 Å². The van der Waals surface area contributed by atoms with Crippen LogP contribution in [0.3, 0.4) is 0 Å². The van der Waals surface area contributed by atoms with E-state index in [1.165, 1.54) is 0 Å². The molecule has 0 bridgehead atoms. The average Bonchev–Trinajstić information content (AvgIpc) is 2.68. The minimum atomic E-state index is -0.832. The first kappa shape index (κ1) is 12.2. The minimum absolute atomic E-state index is 0.0218. The highest BCUT2D eigenvalue weighted by molar-refractivity contribution is 5.99. The number of H-pyrrole nitrogens is 1. The summed E-state index contributed by atoms with van der Waals surface area (Å²) in [4.78, 5) is 2.46. The monoisotopic (exact) mass is 254 g/mol. The molecule has 2 rings (SSSR count). The van der Waals surface area contributed by atoms with Crippen molar-refractivity contribution in [2.45, 2.75) is 6.42 Å². The summed E-state index contributed by atoms with van der Waals surface area (Å²) in [6.07, 6.45) is 0.375. The molecule has 0 saturated heterocycles. The van der Waals surface area contributed by atoms with Crippen molar-refractivity contribution in [3.05, 3.63) is 5.56 Å². The highest BCUT2D eigenvalue weighted by Crippen LogP contribution is 2.50. The zero-order chi connectivity index (χ0) is 13.4. The van der Waals surface area contributed by atoms with E-state index in [2.05, 4.69) is 10.3 Å². The molecule has 1 aromatic carbocycles. The van der Waals surface area contributed by atoms with Crippen LogP contribution in [0.4, 0.5) is 0 Å². The van der Waals surface area contributed by atoms with Crippen molar-refractivity contribution >= 4 is 10.9 Å². The Morgan fingerprint density at radius 1 is 0.944 bits per heavy atom. The summed E-state index contributed by atoms with van der Waals surface area (Å²) in [5, 5.41) is 51.0. The van der Waals surface area contributed by atoms with Crippen molar-refractivity contribution in [1.82, 2.24) is 10.3 Å². The van der Waals surface area contributed by atoms with E-state index in [1.54, 1.807) is 7.05 Å². The van der Waals surface area contributed by atoms with Crippen LogP contribution >= 0.6 is 0 Å². The number of phenols is 4. The average molecular weight is 254 g/mol. The number of nitrogens with one attached hydrogen (secondary N) is 2. The smallest absolute Gasteiger partial charge is 0.206 e. The third-order valence-electron chi connectivity index (χ3n) is 2.85.